The molecule has 2 aliphatic rings. The van der Waals surface area contributed by atoms with E-state index in [-0.39, 0.29) is 5.91 Å². The van der Waals surface area contributed by atoms with Crippen molar-refractivity contribution < 1.29 is 4.79 Å². The number of likely N-dealkylation sites (tertiary alicyclic amines) is 1. The molecule has 2 fully saturated rings. The van der Waals surface area contributed by atoms with Crippen LogP contribution in [-0.2, 0) is 4.79 Å². The second-order valence-electron chi connectivity index (χ2n) is 7.53. The van der Waals surface area contributed by atoms with E-state index in [4.69, 9.17) is 0 Å². The Bertz CT molecular complexity index is 864. The average Bonchev–Trinajstić information content (AvgIpc) is 3.44. The first-order valence-corrected chi connectivity index (χ1v) is 11.0. The van der Waals surface area contributed by atoms with Crippen LogP contribution in [0.3, 0.4) is 0 Å². The maximum atomic E-state index is 11.7. The zero-order valence-corrected chi connectivity index (χ0v) is 18.2. The Morgan fingerprint density at radius 3 is 3.07 bits per heavy atom. The minimum atomic E-state index is 0.268. The van der Waals surface area contributed by atoms with E-state index < -0.39 is 0 Å². The highest BCUT2D eigenvalue weighted by molar-refractivity contribution is 9.10. The largest absolute Gasteiger partial charge is 0.369 e. The first-order chi connectivity index (χ1) is 14.1. The number of aryl methyl sites for hydroxylation is 1. The number of halogens is 1. The number of carbonyl (C=O) groups is 1. The van der Waals surface area contributed by atoms with Gasteiger partial charge in [0.05, 0.1) is 21.9 Å². The van der Waals surface area contributed by atoms with Crippen LogP contribution >= 0.6 is 15.9 Å². The summed E-state index contributed by atoms with van der Waals surface area (Å²) in [6.45, 7) is 6.38. The standard InChI is InChI=1S/C19H27BrN8O/c1-13-16(12-28(26-13)14-5-7-21-10-14)24-19-23-11-15(20)18(25-19)22-6-3-9-27-8-2-4-17(27)29/h11-12,14,21H,2-10H2,1H3,(H2,22,23,24,25)/t14-/m1/s1. The van der Waals surface area contributed by atoms with Crippen LogP contribution in [0, 0.1) is 6.92 Å². The molecule has 2 aromatic heterocycles. The van der Waals surface area contributed by atoms with Crippen LogP contribution in [0.25, 0.3) is 0 Å². The lowest BCUT2D eigenvalue weighted by Crippen LogP contribution is -2.27. The Morgan fingerprint density at radius 2 is 2.31 bits per heavy atom. The molecule has 2 saturated heterocycles. The van der Waals surface area contributed by atoms with Gasteiger partial charge in [0.15, 0.2) is 0 Å². The van der Waals surface area contributed by atoms with Gasteiger partial charge >= 0.3 is 0 Å². The predicted molar refractivity (Wildman–Crippen MR) is 115 cm³/mol. The molecule has 10 heteroatoms. The fourth-order valence-electron chi connectivity index (χ4n) is 3.75. The topological polar surface area (TPSA) is 100 Å². The van der Waals surface area contributed by atoms with Gasteiger partial charge in [-0.25, -0.2) is 4.98 Å². The van der Waals surface area contributed by atoms with E-state index in [2.05, 4.69) is 46.9 Å². The van der Waals surface area contributed by atoms with Crippen LogP contribution in [-0.4, -0.2) is 63.3 Å². The van der Waals surface area contributed by atoms with Gasteiger partial charge in [0.2, 0.25) is 11.9 Å². The van der Waals surface area contributed by atoms with E-state index in [1.54, 1.807) is 6.20 Å². The van der Waals surface area contributed by atoms with Gasteiger partial charge in [-0.05, 0) is 48.7 Å². The molecule has 0 unspecified atom stereocenters. The first kappa shape index (κ1) is 20.1. The molecule has 4 heterocycles. The molecule has 3 N–H and O–H groups in total. The molecular formula is C19H27BrN8O. The SMILES string of the molecule is Cc1nn([C@@H]2CCNC2)cc1Nc1ncc(Br)c(NCCCN2CCCC2=O)n1. The minimum Gasteiger partial charge on any atom is -0.369 e. The van der Waals surface area contributed by atoms with Crippen molar-refractivity contribution in [2.75, 3.05) is 43.4 Å². The Hall–Kier alpha value is -2.20. The van der Waals surface area contributed by atoms with Crippen LogP contribution in [0.5, 0.6) is 0 Å². The van der Waals surface area contributed by atoms with Crippen LogP contribution in [0.1, 0.15) is 37.4 Å². The summed E-state index contributed by atoms with van der Waals surface area (Å²) in [6.07, 6.45) is 7.40. The van der Waals surface area contributed by atoms with Crippen LogP contribution in [0.2, 0.25) is 0 Å². The van der Waals surface area contributed by atoms with Crippen LogP contribution in [0.4, 0.5) is 17.5 Å². The third-order valence-electron chi connectivity index (χ3n) is 5.38. The number of aromatic nitrogens is 4. The van der Waals surface area contributed by atoms with Gasteiger partial charge in [-0.1, -0.05) is 0 Å². The van der Waals surface area contributed by atoms with Gasteiger partial charge in [0.1, 0.15) is 5.82 Å². The highest BCUT2D eigenvalue weighted by atomic mass is 79.9. The van der Waals surface area contributed by atoms with Gasteiger partial charge in [0.25, 0.3) is 0 Å². The number of amides is 1. The highest BCUT2D eigenvalue weighted by Crippen LogP contribution is 2.25. The average molecular weight is 463 g/mol. The number of rotatable bonds is 8. The Balaban J connectivity index is 1.35. The molecule has 0 spiro atoms. The van der Waals surface area contributed by atoms with E-state index in [9.17, 15) is 4.79 Å². The maximum Gasteiger partial charge on any atom is 0.229 e. The zero-order valence-electron chi connectivity index (χ0n) is 16.6. The summed E-state index contributed by atoms with van der Waals surface area (Å²) < 4.78 is 2.83. The molecule has 9 nitrogen and oxygen atoms in total. The summed E-state index contributed by atoms with van der Waals surface area (Å²) in [6, 6.07) is 0.398. The summed E-state index contributed by atoms with van der Waals surface area (Å²) in [4.78, 5) is 22.6. The fourth-order valence-corrected chi connectivity index (χ4v) is 4.08. The number of hydrogen-bond donors (Lipinski definition) is 3. The second-order valence-corrected chi connectivity index (χ2v) is 8.39. The monoisotopic (exact) mass is 462 g/mol. The minimum absolute atomic E-state index is 0.268. The smallest absolute Gasteiger partial charge is 0.229 e. The molecule has 1 amide bonds. The van der Waals surface area contributed by atoms with Crippen molar-refractivity contribution in [1.29, 1.82) is 0 Å². The summed E-state index contributed by atoms with van der Waals surface area (Å²) in [7, 11) is 0. The quantitative estimate of drug-likeness (QED) is 0.517. The van der Waals surface area contributed by atoms with Crippen LogP contribution < -0.4 is 16.0 Å². The molecule has 1 atom stereocenters. The summed E-state index contributed by atoms with van der Waals surface area (Å²) in [5, 5.41) is 14.6. The van der Waals surface area contributed by atoms with Crippen molar-refractivity contribution in [3.05, 3.63) is 22.6 Å². The molecule has 0 bridgehead atoms. The third-order valence-corrected chi connectivity index (χ3v) is 5.96. The lowest BCUT2D eigenvalue weighted by Gasteiger charge is -2.15. The van der Waals surface area contributed by atoms with Crippen molar-refractivity contribution in [2.24, 2.45) is 0 Å². The summed E-state index contributed by atoms with van der Waals surface area (Å²) in [5.41, 5.74) is 1.84. The van der Waals surface area contributed by atoms with E-state index in [0.29, 0.717) is 18.4 Å². The predicted octanol–water partition coefficient (Wildman–Crippen LogP) is 2.45. The number of anilines is 3. The number of nitrogens with one attached hydrogen (secondary N) is 3. The van der Waals surface area contributed by atoms with Crippen molar-refractivity contribution in [3.63, 3.8) is 0 Å². The Morgan fingerprint density at radius 1 is 1.41 bits per heavy atom. The third kappa shape index (κ3) is 4.87. The summed E-state index contributed by atoms with van der Waals surface area (Å²) >= 11 is 3.50. The maximum absolute atomic E-state index is 11.7. The highest BCUT2D eigenvalue weighted by Gasteiger charge is 2.20. The van der Waals surface area contributed by atoms with Crippen molar-refractivity contribution in [2.45, 2.75) is 38.6 Å². The van der Waals surface area contributed by atoms with Gasteiger partial charge in [-0.3, -0.25) is 9.48 Å². The van der Waals surface area contributed by atoms with E-state index in [0.717, 1.165) is 73.7 Å². The van der Waals surface area contributed by atoms with E-state index >= 15 is 0 Å². The number of hydrogen-bond acceptors (Lipinski definition) is 7. The molecule has 4 rings (SSSR count). The lowest BCUT2D eigenvalue weighted by atomic mass is 10.3. The molecule has 156 valence electrons. The molecule has 0 radical (unpaired) electrons. The van der Waals surface area contributed by atoms with E-state index in [1.165, 1.54) is 0 Å². The fraction of sp³-hybridized carbons (Fsp3) is 0.579. The lowest BCUT2D eigenvalue weighted by molar-refractivity contribution is -0.127. The second kappa shape index (κ2) is 9.08. The Kier molecular flexibility index (Phi) is 6.29. The van der Waals surface area contributed by atoms with Crippen molar-refractivity contribution in [1.82, 2.24) is 30.0 Å². The van der Waals surface area contributed by atoms with Crippen molar-refractivity contribution >= 4 is 39.3 Å². The van der Waals surface area contributed by atoms with Gasteiger partial charge in [-0.15, -0.1) is 0 Å². The van der Waals surface area contributed by atoms with Gasteiger partial charge in [-0.2, -0.15) is 10.1 Å². The first-order valence-electron chi connectivity index (χ1n) is 10.2. The molecule has 0 saturated carbocycles. The Labute approximate surface area is 178 Å². The zero-order chi connectivity index (χ0) is 20.2. The molecular weight excluding hydrogens is 436 g/mol. The van der Waals surface area contributed by atoms with Gasteiger partial charge < -0.3 is 20.9 Å². The van der Waals surface area contributed by atoms with Gasteiger partial charge in [0, 0.05) is 45.0 Å². The normalized spacial score (nSPS) is 19.2. The van der Waals surface area contributed by atoms with Crippen molar-refractivity contribution in [3.8, 4) is 0 Å². The molecule has 2 aromatic rings. The van der Waals surface area contributed by atoms with Crippen LogP contribution in [0.15, 0.2) is 16.9 Å². The van der Waals surface area contributed by atoms with E-state index in [1.807, 2.05) is 22.7 Å². The molecule has 0 aromatic carbocycles. The molecule has 2 aliphatic heterocycles. The molecule has 0 aliphatic carbocycles. The summed E-state index contributed by atoms with van der Waals surface area (Å²) in [5.74, 6) is 1.53. The number of carbonyl (C=O) groups excluding carboxylic acids is 1. The number of nitrogens with zero attached hydrogens (tertiary/aromatic N) is 5. The molecule has 29 heavy (non-hydrogen) atoms.